The molecule has 0 aliphatic rings. The fourth-order valence-corrected chi connectivity index (χ4v) is 1.67. The first-order valence-electron chi connectivity index (χ1n) is 5.14. The fraction of sp³-hybridized carbons (Fsp3) is 0.455. The maximum atomic E-state index is 4.36. The number of imidazole rings is 2. The van der Waals surface area contributed by atoms with Crippen molar-refractivity contribution in [2.24, 2.45) is 7.05 Å². The van der Waals surface area contributed by atoms with Crippen molar-refractivity contribution in [2.75, 3.05) is 0 Å². The van der Waals surface area contributed by atoms with Crippen LogP contribution in [0.4, 0.5) is 0 Å². The molecule has 4 nitrogen and oxygen atoms in total. The molecular formula is C11H16N4. The Kier molecular flexibility index (Phi) is 2.58. The third kappa shape index (κ3) is 1.93. The van der Waals surface area contributed by atoms with E-state index in [9.17, 15) is 0 Å². The van der Waals surface area contributed by atoms with Crippen molar-refractivity contribution in [3.05, 3.63) is 36.4 Å². The summed E-state index contributed by atoms with van der Waals surface area (Å²) in [6.07, 6.45) is 7.58. The van der Waals surface area contributed by atoms with Crippen molar-refractivity contribution < 1.29 is 0 Å². The molecule has 4 heteroatoms. The molecule has 0 amide bonds. The van der Waals surface area contributed by atoms with Crippen molar-refractivity contribution in [3.8, 4) is 0 Å². The molecule has 2 heterocycles. The minimum Gasteiger partial charge on any atom is -0.336 e. The van der Waals surface area contributed by atoms with Crippen LogP contribution in [0.2, 0.25) is 0 Å². The molecule has 0 aliphatic heterocycles. The van der Waals surface area contributed by atoms with Crippen LogP contribution in [0, 0.1) is 0 Å². The summed E-state index contributed by atoms with van der Waals surface area (Å²) in [4.78, 5) is 8.47. The van der Waals surface area contributed by atoms with Crippen LogP contribution in [0.1, 0.15) is 31.3 Å². The number of rotatable bonds is 3. The van der Waals surface area contributed by atoms with E-state index in [4.69, 9.17) is 0 Å². The van der Waals surface area contributed by atoms with Gasteiger partial charge >= 0.3 is 0 Å². The first kappa shape index (κ1) is 9.96. The lowest BCUT2D eigenvalue weighted by atomic mass is 10.2. The molecule has 0 bridgehead atoms. The number of aryl methyl sites for hydroxylation is 1. The number of hydrogen-bond acceptors (Lipinski definition) is 2. The van der Waals surface area contributed by atoms with Crippen LogP contribution < -0.4 is 0 Å². The van der Waals surface area contributed by atoms with Gasteiger partial charge in [-0.3, -0.25) is 0 Å². The second kappa shape index (κ2) is 3.88. The molecule has 0 fully saturated rings. The molecule has 2 aromatic rings. The summed E-state index contributed by atoms with van der Waals surface area (Å²) in [7, 11) is 2.01. The van der Waals surface area contributed by atoms with Gasteiger partial charge in [0.15, 0.2) is 0 Å². The van der Waals surface area contributed by atoms with Crippen LogP contribution in [-0.4, -0.2) is 19.1 Å². The Morgan fingerprint density at radius 3 is 2.80 bits per heavy atom. The van der Waals surface area contributed by atoms with Gasteiger partial charge in [0.1, 0.15) is 5.82 Å². The quantitative estimate of drug-likeness (QED) is 0.764. The molecule has 0 unspecified atom stereocenters. The molecule has 0 saturated heterocycles. The lowest BCUT2D eigenvalue weighted by molar-refractivity contribution is 0.645. The summed E-state index contributed by atoms with van der Waals surface area (Å²) < 4.78 is 4.20. The molecule has 0 aliphatic carbocycles. The van der Waals surface area contributed by atoms with E-state index in [2.05, 4.69) is 28.4 Å². The van der Waals surface area contributed by atoms with Gasteiger partial charge in [-0.15, -0.1) is 0 Å². The molecule has 0 spiro atoms. The highest BCUT2D eigenvalue weighted by Gasteiger charge is 2.08. The SMILES string of the molecule is CC(C)c1nccn1Cc1cncn1C. The van der Waals surface area contributed by atoms with Crippen molar-refractivity contribution >= 4 is 0 Å². The smallest absolute Gasteiger partial charge is 0.111 e. The van der Waals surface area contributed by atoms with Crippen molar-refractivity contribution in [1.82, 2.24) is 19.1 Å². The first-order valence-corrected chi connectivity index (χ1v) is 5.14. The molecule has 0 aromatic carbocycles. The highest BCUT2D eigenvalue weighted by atomic mass is 15.1. The van der Waals surface area contributed by atoms with Gasteiger partial charge in [-0.2, -0.15) is 0 Å². The standard InChI is InChI=1S/C11H16N4/c1-9(2)11-13-4-5-15(11)7-10-6-12-8-14(10)3/h4-6,8-9H,7H2,1-3H3. The van der Waals surface area contributed by atoms with Gasteiger partial charge in [-0.05, 0) is 0 Å². The lowest BCUT2D eigenvalue weighted by Crippen LogP contribution is -2.08. The molecule has 0 atom stereocenters. The molecule has 0 radical (unpaired) electrons. The molecule has 0 N–H and O–H groups in total. The maximum Gasteiger partial charge on any atom is 0.111 e. The van der Waals surface area contributed by atoms with Crippen molar-refractivity contribution in [2.45, 2.75) is 26.3 Å². The Balaban J connectivity index is 2.25. The van der Waals surface area contributed by atoms with Crippen LogP contribution in [0.3, 0.4) is 0 Å². The van der Waals surface area contributed by atoms with E-state index in [0.29, 0.717) is 5.92 Å². The summed E-state index contributed by atoms with van der Waals surface area (Å²) in [5.41, 5.74) is 1.19. The minimum absolute atomic E-state index is 0.452. The largest absolute Gasteiger partial charge is 0.336 e. The average Bonchev–Trinajstić information content (AvgIpc) is 2.77. The molecule has 2 aromatic heterocycles. The lowest BCUT2D eigenvalue weighted by Gasteiger charge is -2.10. The third-order valence-electron chi connectivity index (χ3n) is 2.51. The Bertz CT molecular complexity index is 439. The van der Waals surface area contributed by atoms with Crippen LogP contribution >= 0.6 is 0 Å². The zero-order valence-corrected chi connectivity index (χ0v) is 9.38. The highest BCUT2D eigenvalue weighted by Crippen LogP contribution is 2.13. The van der Waals surface area contributed by atoms with Crippen LogP contribution in [0.25, 0.3) is 0 Å². The van der Waals surface area contributed by atoms with Crippen molar-refractivity contribution in [3.63, 3.8) is 0 Å². The summed E-state index contributed by atoms with van der Waals surface area (Å²) >= 11 is 0. The second-order valence-electron chi connectivity index (χ2n) is 4.06. The third-order valence-corrected chi connectivity index (χ3v) is 2.51. The topological polar surface area (TPSA) is 35.6 Å². The molecule has 80 valence electrons. The van der Waals surface area contributed by atoms with E-state index in [1.807, 2.05) is 36.5 Å². The zero-order chi connectivity index (χ0) is 10.8. The van der Waals surface area contributed by atoms with Crippen LogP contribution in [0.5, 0.6) is 0 Å². The monoisotopic (exact) mass is 204 g/mol. The van der Waals surface area contributed by atoms with Gasteiger partial charge in [0, 0.05) is 31.6 Å². The Morgan fingerprint density at radius 1 is 1.40 bits per heavy atom. The van der Waals surface area contributed by atoms with E-state index in [0.717, 1.165) is 12.4 Å². The van der Waals surface area contributed by atoms with Gasteiger partial charge in [0.05, 0.1) is 18.6 Å². The zero-order valence-electron chi connectivity index (χ0n) is 9.38. The minimum atomic E-state index is 0.452. The maximum absolute atomic E-state index is 4.36. The first-order chi connectivity index (χ1) is 7.18. The number of nitrogens with zero attached hydrogens (tertiary/aromatic N) is 4. The fourth-order valence-electron chi connectivity index (χ4n) is 1.67. The van der Waals surface area contributed by atoms with Gasteiger partial charge in [-0.25, -0.2) is 9.97 Å². The van der Waals surface area contributed by atoms with Crippen LogP contribution in [0.15, 0.2) is 24.9 Å². The van der Waals surface area contributed by atoms with E-state index < -0.39 is 0 Å². The highest BCUT2D eigenvalue weighted by molar-refractivity contribution is 5.04. The normalized spacial score (nSPS) is 11.2. The van der Waals surface area contributed by atoms with Gasteiger partial charge in [-0.1, -0.05) is 13.8 Å². The van der Waals surface area contributed by atoms with Crippen LogP contribution in [-0.2, 0) is 13.6 Å². The van der Waals surface area contributed by atoms with Gasteiger partial charge in [0.2, 0.25) is 0 Å². The van der Waals surface area contributed by atoms with Gasteiger partial charge in [0.25, 0.3) is 0 Å². The Morgan fingerprint density at radius 2 is 2.20 bits per heavy atom. The Labute approximate surface area is 89.6 Å². The molecule has 2 rings (SSSR count). The van der Waals surface area contributed by atoms with E-state index in [-0.39, 0.29) is 0 Å². The predicted octanol–water partition coefficient (Wildman–Crippen LogP) is 1.79. The summed E-state index contributed by atoms with van der Waals surface area (Å²) in [5.74, 6) is 1.57. The Hall–Kier alpha value is -1.58. The number of aromatic nitrogens is 4. The van der Waals surface area contributed by atoms with E-state index >= 15 is 0 Å². The van der Waals surface area contributed by atoms with E-state index in [1.54, 1.807) is 0 Å². The van der Waals surface area contributed by atoms with Crippen molar-refractivity contribution in [1.29, 1.82) is 0 Å². The summed E-state index contributed by atoms with van der Waals surface area (Å²) in [6, 6.07) is 0. The number of hydrogen-bond donors (Lipinski definition) is 0. The summed E-state index contributed by atoms with van der Waals surface area (Å²) in [5, 5.41) is 0. The molecule has 0 saturated carbocycles. The predicted molar refractivity (Wildman–Crippen MR) is 58.6 cm³/mol. The molecule has 15 heavy (non-hydrogen) atoms. The molecular weight excluding hydrogens is 188 g/mol. The average molecular weight is 204 g/mol. The second-order valence-corrected chi connectivity index (χ2v) is 4.06. The van der Waals surface area contributed by atoms with Gasteiger partial charge < -0.3 is 9.13 Å². The summed E-state index contributed by atoms with van der Waals surface area (Å²) in [6.45, 7) is 5.15. The van der Waals surface area contributed by atoms with E-state index in [1.165, 1.54) is 5.69 Å².